The highest BCUT2D eigenvalue weighted by Gasteiger charge is 2.04. The molecule has 0 amide bonds. The summed E-state index contributed by atoms with van der Waals surface area (Å²) in [6.45, 7) is 4.47. The zero-order chi connectivity index (χ0) is 14.4. The molecule has 106 valence electrons. The first-order chi connectivity index (χ1) is 9.67. The number of hydrogen-bond donors (Lipinski definition) is 1. The molecule has 0 saturated carbocycles. The molecule has 20 heavy (non-hydrogen) atoms. The van der Waals surface area contributed by atoms with E-state index < -0.39 is 0 Å². The molecule has 0 unspecified atom stereocenters. The number of nitrogens with one attached hydrogen (secondary N) is 1. The van der Waals surface area contributed by atoms with Crippen molar-refractivity contribution in [2.75, 3.05) is 18.9 Å². The van der Waals surface area contributed by atoms with Crippen LogP contribution < -0.4 is 5.32 Å². The van der Waals surface area contributed by atoms with Crippen LogP contribution in [0.15, 0.2) is 36.7 Å². The zero-order valence-corrected chi connectivity index (χ0v) is 12.6. The van der Waals surface area contributed by atoms with Crippen LogP contribution in [0, 0.1) is 0 Å². The summed E-state index contributed by atoms with van der Waals surface area (Å²) in [5.41, 5.74) is 2.15. The summed E-state index contributed by atoms with van der Waals surface area (Å²) >= 11 is 5.99. The third-order valence-electron chi connectivity index (χ3n) is 2.84. The quantitative estimate of drug-likeness (QED) is 0.887. The molecule has 4 nitrogen and oxygen atoms in total. The minimum atomic E-state index is 0.756. The number of aromatic nitrogens is 2. The molecule has 0 fully saturated rings. The molecule has 0 aliphatic heterocycles. The first-order valence-corrected chi connectivity index (χ1v) is 7.03. The van der Waals surface area contributed by atoms with Gasteiger partial charge >= 0.3 is 0 Å². The lowest BCUT2D eigenvalue weighted by atomic mass is 10.2. The summed E-state index contributed by atoms with van der Waals surface area (Å²) in [6, 6.07) is 7.91. The van der Waals surface area contributed by atoms with Crippen molar-refractivity contribution in [2.24, 2.45) is 0 Å². The maximum Gasteiger partial charge on any atom is 0.144 e. The molecular weight excluding hydrogens is 272 g/mol. The molecule has 2 aromatic rings. The van der Waals surface area contributed by atoms with Crippen LogP contribution in [0.25, 0.3) is 0 Å². The van der Waals surface area contributed by atoms with Gasteiger partial charge in [0.2, 0.25) is 0 Å². The van der Waals surface area contributed by atoms with E-state index in [0.717, 1.165) is 36.2 Å². The zero-order valence-electron chi connectivity index (χ0n) is 11.8. The average molecular weight is 291 g/mol. The molecular formula is C15H19ClN4. The number of halogens is 1. The fourth-order valence-electron chi connectivity index (χ4n) is 1.99. The van der Waals surface area contributed by atoms with Crippen LogP contribution in [0.5, 0.6) is 0 Å². The second-order valence-corrected chi connectivity index (χ2v) is 5.16. The van der Waals surface area contributed by atoms with Crippen LogP contribution in [0.4, 0.5) is 5.82 Å². The highest BCUT2D eigenvalue weighted by molar-refractivity contribution is 6.30. The summed E-state index contributed by atoms with van der Waals surface area (Å²) in [7, 11) is 2.06. The number of benzene rings is 1. The Balaban J connectivity index is 1.92. The van der Waals surface area contributed by atoms with Crippen molar-refractivity contribution >= 4 is 17.4 Å². The second-order valence-electron chi connectivity index (χ2n) is 4.73. The lowest BCUT2D eigenvalue weighted by Crippen LogP contribution is -2.18. The first kappa shape index (κ1) is 14.8. The van der Waals surface area contributed by atoms with Gasteiger partial charge in [0, 0.05) is 24.7 Å². The molecule has 0 radical (unpaired) electrons. The Morgan fingerprint density at radius 1 is 1.20 bits per heavy atom. The first-order valence-electron chi connectivity index (χ1n) is 6.65. The summed E-state index contributed by atoms with van der Waals surface area (Å²) in [5, 5.41) is 3.90. The van der Waals surface area contributed by atoms with Gasteiger partial charge < -0.3 is 5.32 Å². The van der Waals surface area contributed by atoms with E-state index in [9.17, 15) is 0 Å². The van der Waals surface area contributed by atoms with Gasteiger partial charge in [-0.3, -0.25) is 9.88 Å². The molecule has 1 aromatic carbocycles. The monoisotopic (exact) mass is 290 g/mol. The fraction of sp³-hybridized carbons (Fsp3) is 0.333. The Labute approximate surface area is 124 Å². The van der Waals surface area contributed by atoms with Crippen molar-refractivity contribution in [1.82, 2.24) is 14.9 Å². The predicted octanol–water partition coefficient (Wildman–Crippen LogP) is 3.19. The van der Waals surface area contributed by atoms with Gasteiger partial charge in [-0.1, -0.05) is 23.7 Å². The minimum Gasteiger partial charge on any atom is -0.369 e. The SMILES string of the molecule is CCNc1cnc(CN(C)Cc2cccc(Cl)c2)cn1. The summed E-state index contributed by atoms with van der Waals surface area (Å²) in [5.74, 6) is 0.814. The van der Waals surface area contributed by atoms with E-state index in [0.29, 0.717) is 0 Å². The molecule has 1 heterocycles. The van der Waals surface area contributed by atoms with Gasteiger partial charge in [-0.05, 0) is 31.7 Å². The lowest BCUT2D eigenvalue weighted by molar-refractivity contribution is 0.314. The van der Waals surface area contributed by atoms with E-state index in [1.807, 2.05) is 31.3 Å². The van der Waals surface area contributed by atoms with Crippen molar-refractivity contribution in [2.45, 2.75) is 20.0 Å². The lowest BCUT2D eigenvalue weighted by Gasteiger charge is -2.16. The molecule has 0 spiro atoms. The van der Waals surface area contributed by atoms with Gasteiger partial charge in [-0.25, -0.2) is 4.98 Å². The average Bonchev–Trinajstić information content (AvgIpc) is 2.41. The van der Waals surface area contributed by atoms with Crippen molar-refractivity contribution < 1.29 is 0 Å². The fourth-order valence-corrected chi connectivity index (χ4v) is 2.20. The molecule has 0 aliphatic rings. The van der Waals surface area contributed by atoms with Crippen molar-refractivity contribution in [3.05, 3.63) is 52.9 Å². The molecule has 5 heteroatoms. The van der Waals surface area contributed by atoms with E-state index >= 15 is 0 Å². The van der Waals surface area contributed by atoms with Gasteiger partial charge in [0.15, 0.2) is 0 Å². The van der Waals surface area contributed by atoms with Gasteiger partial charge in [0.1, 0.15) is 5.82 Å². The molecule has 0 bridgehead atoms. The Morgan fingerprint density at radius 3 is 2.70 bits per heavy atom. The summed E-state index contributed by atoms with van der Waals surface area (Å²) in [4.78, 5) is 10.9. The van der Waals surface area contributed by atoms with Crippen LogP contribution in [-0.4, -0.2) is 28.5 Å². The molecule has 1 N–H and O–H groups in total. The summed E-state index contributed by atoms with van der Waals surface area (Å²) < 4.78 is 0. The highest BCUT2D eigenvalue weighted by Crippen LogP contribution is 2.13. The smallest absolute Gasteiger partial charge is 0.144 e. The molecule has 0 aliphatic carbocycles. The Bertz CT molecular complexity index is 542. The van der Waals surface area contributed by atoms with Crippen LogP contribution in [0.1, 0.15) is 18.2 Å². The number of nitrogens with zero attached hydrogens (tertiary/aromatic N) is 3. The molecule has 0 saturated heterocycles. The van der Waals surface area contributed by atoms with Crippen LogP contribution >= 0.6 is 11.6 Å². The third-order valence-corrected chi connectivity index (χ3v) is 3.07. The van der Waals surface area contributed by atoms with Crippen LogP contribution in [0.3, 0.4) is 0 Å². The van der Waals surface area contributed by atoms with Crippen molar-refractivity contribution in [1.29, 1.82) is 0 Å². The van der Waals surface area contributed by atoms with Gasteiger partial charge in [-0.2, -0.15) is 0 Å². The van der Waals surface area contributed by atoms with Crippen molar-refractivity contribution in [3.63, 3.8) is 0 Å². The maximum absolute atomic E-state index is 5.99. The topological polar surface area (TPSA) is 41.1 Å². The Hall–Kier alpha value is -1.65. The minimum absolute atomic E-state index is 0.756. The van der Waals surface area contributed by atoms with E-state index in [4.69, 9.17) is 11.6 Å². The van der Waals surface area contributed by atoms with Gasteiger partial charge in [0.05, 0.1) is 18.1 Å². The van der Waals surface area contributed by atoms with Crippen molar-refractivity contribution in [3.8, 4) is 0 Å². The van der Waals surface area contributed by atoms with Crippen LogP contribution in [0.2, 0.25) is 5.02 Å². The third kappa shape index (κ3) is 4.47. The van der Waals surface area contributed by atoms with E-state index in [1.54, 1.807) is 6.20 Å². The standard InChI is InChI=1S/C15H19ClN4/c1-3-17-15-9-18-14(8-19-15)11-20(2)10-12-5-4-6-13(16)7-12/h4-9H,3,10-11H2,1-2H3,(H,17,19). The molecule has 2 rings (SSSR count). The number of hydrogen-bond acceptors (Lipinski definition) is 4. The second kappa shape index (κ2) is 7.22. The predicted molar refractivity (Wildman–Crippen MR) is 82.8 cm³/mol. The molecule has 0 atom stereocenters. The summed E-state index contributed by atoms with van der Waals surface area (Å²) in [6.07, 6.45) is 3.58. The van der Waals surface area contributed by atoms with Crippen LogP contribution in [-0.2, 0) is 13.1 Å². The van der Waals surface area contributed by atoms with Gasteiger partial charge in [-0.15, -0.1) is 0 Å². The highest BCUT2D eigenvalue weighted by atomic mass is 35.5. The largest absolute Gasteiger partial charge is 0.369 e. The Morgan fingerprint density at radius 2 is 2.05 bits per heavy atom. The normalized spacial score (nSPS) is 10.8. The number of anilines is 1. The van der Waals surface area contributed by atoms with E-state index in [2.05, 4.69) is 33.3 Å². The Kier molecular flexibility index (Phi) is 5.32. The maximum atomic E-state index is 5.99. The van der Waals surface area contributed by atoms with Gasteiger partial charge in [0.25, 0.3) is 0 Å². The number of rotatable bonds is 6. The van der Waals surface area contributed by atoms with E-state index in [1.165, 1.54) is 5.56 Å². The van der Waals surface area contributed by atoms with E-state index in [-0.39, 0.29) is 0 Å². The molecule has 1 aromatic heterocycles.